The van der Waals surface area contributed by atoms with Crippen LogP contribution in [0, 0.1) is 11.8 Å². The Hall–Kier alpha value is -0.410. The predicted octanol–water partition coefficient (Wildman–Crippen LogP) is 1.68. The van der Waals surface area contributed by atoms with Crippen LogP contribution in [0.2, 0.25) is 0 Å². The second kappa shape index (κ2) is 6.50. The summed E-state index contributed by atoms with van der Waals surface area (Å²) in [5, 5.41) is 3.28. The molecule has 0 radical (unpaired) electrons. The number of piperidine rings is 1. The third-order valence-electron chi connectivity index (χ3n) is 4.32. The molecular weight excluding hydrogens is 212 g/mol. The van der Waals surface area contributed by atoms with E-state index in [0.29, 0.717) is 11.7 Å². The van der Waals surface area contributed by atoms with Crippen molar-refractivity contribution in [2.24, 2.45) is 11.8 Å². The van der Waals surface area contributed by atoms with Crippen molar-refractivity contribution >= 4 is 5.78 Å². The van der Waals surface area contributed by atoms with Gasteiger partial charge in [0.25, 0.3) is 0 Å². The van der Waals surface area contributed by atoms with Crippen molar-refractivity contribution in [2.45, 2.75) is 38.5 Å². The Morgan fingerprint density at radius 1 is 1.35 bits per heavy atom. The van der Waals surface area contributed by atoms with Crippen molar-refractivity contribution in [3.63, 3.8) is 0 Å². The van der Waals surface area contributed by atoms with Crippen LogP contribution in [0.25, 0.3) is 0 Å². The Labute approximate surface area is 105 Å². The zero-order valence-corrected chi connectivity index (χ0v) is 11.1. The zero-order valence-electron chi connectivity index (χ0n) is 11.1. The minimum atomic E-state index is 0.389. The number of Topliss-reactive ketones (excluding diaryl/α,β-unsaturated/α-hetero) is 1. The van der Waals surface area contributed by atoms with Crippen LogP contribution in [0.4, 0.5) is 0 Å². The fourth-order valence-corrected chi connectivity index (χ4v) is 3.34. The molecule has 0 spiro atoms. The van der Waals surface area contributed by atoms with Gasteiger partial charge in [0.2, 0.25) is 0 Å². The highest BCUT2D eigenvalue weighted by atomic mass is 16.1. The van der Waals surface area contributed by atoms with E-state index in [9.17, 15) is 4.79 Å². The first-order chi connectivity index (χ1) is 8.29. The summed E-state index contributed by atoms with van der Waals surface area (Å²) in [4.78, 5) is 14.2. The van der Waals surface area contributed by atoms with Crippen LogP contribution < -0.4 is 5.32 Å². The van der Waals surface area contributed by atoms with E-state index in [1.54, 1.807) is 0 Å². The number of nitrogens with zero attached hydrogens (tertiary/aromatic N) is 1. The Balaban J connectivity index is 1.69. The highest BCUT2D eigenvalue weighted by molar-refractivity contribution is 5.82. The van der Waals surface area contributed by atoms with Crippen LogP contribution in [0.15, 0.2) is 0 Å². The van der Waals surface area contributed by atoms with Crippen molar-refractivity contribution in [2.75, 3.05) is 33.2 Å². The Morgan fingerprint density at radius 3 is 2.94 bits per heavy atom. The molecule has 98 valence electrons. The number of carbonyl (C=O) groups excluding carboxylic acids is 1. The zero-order chi connectivity index (χ0) is 12.1. The Morgan fingerprint density at radius 2 is 2.24 bits per heavy atom. The SMILES string of the molecule is CNCC1CCCN(CCC2CCCC2=O)C1. The minimum Gasteiger partial charge on any atom is -0.319 e. The second-order valence-electron chi connectivity index (χ2n) is 5.71. The van der Waals surface area contributed by atoms with E-state index in [0.717, 1.165) is 44.7 Å². The number of likely N-dealkylation sites (tertiary alicyclic amines) is 1. The Kier molecular flexibility index (Phi) is 4.99. The molecule has 1 aliphatic heterocycles. The minimum absolute atomic E-state index is 0.389. The van der Waals surface area contributed by atoms with Crippen LogP contribution in [0.1, 0.15) is 38.5 Å². The molecule has 1 aliphatic carbocycles. The molecule has 1 saturated carbocycles. The molecule has 17 heavy (non-hydrogen) atoms. The summed E-state index contributed by atoms with van der Waals surface area (Å²) < 4.78 is 0. The molecule has 2 rings (SSSR count). The molecule has 2 atom stereocenters. The summed E-state index contributed by atoms with van der Waals surface area (Å²) in [5.41, 5.74) is 0. The maximum atomic E-state index is 11.6. The van der Waals surface area contributed by atoms with Crippen molar-refractivity contribution in [3.8, 4) is 0 Å². The van der Waals surface area contributed by atoms with Gasteiger partial charge in [-0.25, -0.2) is 0 Å². The van der Waals surface area contributed by atoms with Crippen molar-refractivity contribution in [1.29, 1.82) is 0 Å². The first kappa shape index (κ1) is 13.0. The number of nitrogens with one attached hydrogen (secondary N) is 1. The largest absolute Gasteiger partial charge is 0.319 e. The fourth-order valence-electron chi connectivity index (χ4n) is 3.34. The quantitative estimate of drug-likeness (QED) is 0.791. The lowest BCUT2D eigenvalue weighted by atomic mass is 9.96. The molecule has 0 aromatic heterocycles. The normalized spacial score (nSPS) is 31.0. The summed E-state index contributed by atoms with van der Waals surface area (Å²) in [6, 6.07) is 0. The van der Waals surface area contributed by atoms with Crippen LogP contribution in [0.5, 0.6) is 0 Å². The van der Waals surface area contributed by atoms with Gasteiger partial charge in [-0.2, -0.15) is 0 Å². The average Bonchev–Trinajstić information content (AvgIpc) is 2.73. The highest BCUT2D eigenvalue weighted by Gasteiger charge is 2.26. The van der Waals surface area contributed by atoms with E-state index in [2.05, 4.69) is 10.2 Å². The van der Waals surface area contributed by atoms with Crippen molar-refractivity contribution in [1.82, 2.24) is 10.2 Å². The first-order valence-corrected chi connectivity index (χ1v) is 7.19. The van der Waals surface area contributed by atoms with E-state index in [-0.39, 0.29) is 0 Å². The van der Waals surface area contributed by atoms with Gasteiger partial charge in [0.15, 0.2) is 0 Å². The van der Waals surface area contributed by atoms with Crippen molar-refractivity contribution in [3.05, 3.63) is 0 Å². The molecule has 3 heteroatoms. The molecule has 1 heterocycles. The lowest BCUT2D eigenvalue weighted by molar-refractivity contribution is -0.120. The third-order valence-corrected chi connectivity index (χ3v) is 4.32. The van der Waals surface area contributed by atoms with Crippen LogP contribution in [-0.2, 0) is 4.79 Å². The fraction of sp³-hybridized carbons (Fsp3) is 0.929. The van der Waals surface area contributed by atoms with Gasteiger partial charge >= 0.3 is 0 Å². The van der Waals surface area contributed by atoms with E-state index in [1.807, 2.05) is 7.05 Å². The monoisotopic (exact) mass is 238 g/mol. The number of carbonyl (C=O) groups is 1. The number of hydrogen-bond donors (Lipinski definition) is 1. The van der Waals surface area contributed by atoms with Crippen molar-refractivity contribution < 1.29 is 4.79 Å². The van der Waals surface area contributed by atoms with Gasteiger partial charge in [0.1, 0.15) is 5.78 Å². The molecule has 3 nitrogen and oxygen atoms in total. The van der Waals surface area contributed by atoms with Crippen LogP contribution in [0.3, 0.4) is 0 Å². The van der Waals surface area contributed by atoms with Gasteiger partial charge in [0, 0.05) is 18.9 Å². The topological polar surface area (TPSA) is 32.3 Å². The Bertz CT molecular complexity index is 253. The molecule has 0 aromatic carbocycles. The molecule has 0 amide bonds. The van der Waals surface area contributed by atoms with E-state index in [1.165, 1.54) is 25.9 Å². The van der Waals surface area contributed by atoms with E-state index in [4.69, 9.17) is 0 Å². The lowest BCUT2D eigenvalue weighted by Crippen LogP contribution is -2.40. The summed E-state index contributed by atoms with van der Waals surface area (Å²) in [6.07, 6.45) is 6.90. The molecule has 2 aliphatic rings. The predicted molar refractivity (Wildman–Crippen MR) is 70.1 cm³/mol. The lowest BCUT2D eigenvalue weighted by Gasteiger charge is -2.33. The molecule has 0 aromatic rings. The smallest absolute Gasteiger partial charge is 0.136 e. The van der Waals surface area contributed by atoms with Crippen LogP contribution >= 0.6 is 0 Å². The third kappa shape index (κ3) is 3.78. The summed E-state index contributed by atoms with van der Waals surface area (Å²) in [7, 11) is 2.04. The second-order valence-corrected chi connectivity index (χ2v) is 5.71. The highest BCUT2D eigenvalue weighted by Crippen LogP contribution is 2.25. The maximum absolute atomic E-state index is 11.6. The summed E-state index contributed by atoms with van der Waals surface area (Å²) >= 11 is 0. The number of hydrogen-bond acceptors (Lipinski definition) is 3. The maximum Gasteiger partial charge on any atom is 0.136 e. The number of ketones is 1. The molecule has 0 bridgehead atoms. The van der Waals surface area contributed by atoms with Gasteiger partial charge in [-0.05, 0) is 64.7 Å². The molecular formula is C14H26N2O. The van der Waals surface area contributed by atoms with Gasteiger partial charge in [-0.3, -0.25) is 4.79 Å². The first-order valence-electron chi connectivity index (χ1n) is 7.19. The number of rotatable bonds is 5. The standard InChI is InChI=1S/C14H26N2O/c1-15-10-12-4-3-8-16(11-12)9-7-13-5-2-6-14(13)17/h12-13,15H,2-11H2,1H3. The average molecular weight is 238 g/mol. The molecule has 2 unspecified atom stereocenters. The van der Waals surface area contributed by atoms with Crippen LogP contribution in [-0.4, -0.2) is 43.9 Å². The van der Waals surface area contributed by atoms with Gasteiger partial charge < -0.3 is 10.2 Å². The molecule has 1 N–H and O–H groups in total. The summed E-state index contributed by atoms with van der Waals surface area (Å²) in [6.45, 7) is 4.73. The van der Waals surface area contributed by atoms with E-state index < -0.39 is 0 Å². The summed E-state index contributed by atoms with van der Waals surface area (Å²) in [5.74, 6) is 1.72. The molecule has 1 saturated heterocycles. The van der Waals surface area contributed by atoms with Gasteiger partial charge in [-0.1, -0.05) is 0 Å². The van der Waals surface area contributed by atoms with E-state index >= 15 is 0 Å². The molecule has 2 fully saturated rings. The van der Waals surface area contributed by atoms with Gasteiger partial charge in [0.05, 0.1) is 0 Å². The van der Waals surface area contributed by atoms with Gasteiger partial charge in [-0.15, -0.1) is 0 Å².